The molecule has 7 heteroatoms. The van der Waals surface area contributed by atoms with Gasteiger partial charge in [0.2, 0.25) is 5.91 Å². The zero-order valence-corrected chi connectivity index (χ0v) is 18.9. The normalized spacial score (nSPS) is 11.1. The van der Waals surface area contributed by atoms with Gasteiger partial charge in [0.1, 0.15) is 16.2 Å². The minimum Gasteiger partial charge on any atom is -0.325 e. The van der Waals surface area contributed by atoms with Crippen LogP contribution < -0.4 is 5.32 Å². The lowest BCUT2D eigenvalue weighted by Gasteiger charge is -2.11. The van der Waals surface area contributed by atoms with Gasteiger partial charge in [-0.3, -0.25) is 4.79 Å². The molecule has 0 fully saturated rings. The number of amides is 1. The average molecular weight is 435 g/mol. The Hall–Kier alpha value is -2.77. The quantitative estimate of drug-likeness (QED) is 0.407. The lowest BCUT2D eigenvalue weighted by molar-refractivity contribution is -0.113. The van der Waals surface area contributed by atoms with E-state index < -0.39 is 0 Å². The summed E-state index contributed by atoms with van der Waals surface area (Å²) in [4.78, 5) is 17.2. The second-order valence-corrected chi connectivity index (χ2v) is 9.40. The van der Waals surface area contributed by atoms with E-state index in [1.807, 2.05) is 39.0 Å². The number of thioether (sulfide) groups is 1. The molecule has 4 aromatic rings. The van der Waals surface area contributed by atoms with Crippen molar-refractivity contribution in [1.82, 2.24) is 15.2 Å². The van der Waals surface area contributed by atoms with Crippen LogP contribution in [0, 0.1) is 27.7 Å². The van der Waals surface area contributed by atoms with Gasteiger partial charge in [-0.15, -0.1) is 21.5 Å². The van der Waals surface area contributed by atoms with E-state index in [2.05, 4.69) is 51.7 Å². The van der Waals surface area contributed by atoms with Crippen LogP contribution in [0.2, 0.25) is 0 Å². The molecule has 4 rings (SSSR count). The van der Waals surface area contributed by atoms with E-state index in [4.69, 9.17) is 0 Å². The largest absolute Gasteiger partial charge is 0.325 e. The first-order valence-electron chi connectivity index (χ1n) is 9.62. The molecule has 0 bridgehead atoms. The van der Waals surface area contributed by atoms with E-state index >= 15 is 0 Å². The molecule has 2 heterocycles. The Bertz CT molecular complexity index is 1210. The maximum absolute atomic E-state index is 12.6. The van der Waals surface area contributed by atoms with Crippen LogP contribution in [0.3, 0.4) is 0 Å². The maximum atomic E-state index is 12.6. The number of thiazole rings is 1. The van der Waals surface area contributed by atoms with Crippen LogP contribution in [-0.4, -0.2) is 26.8 Å². The van der Waals surface area contributed by atoms with Crippen LogP contribution >= 0.6 is 23.1 Å². The first kappa shape index (κ1) is 20.5. The number of nitrogens with zero attached hydrogens (tertiary/aromatic N) is 3. The van der Waals surface area contributed by atoms with Gasteiger partial charge >= 0.3 is 0 Å². The van der Waals surface area contributed by atoms with Crippen molar-refractivity contribution in [3.63, 3.8) is 0 Å². The zero-order chi connectivity index (χ0) is 21.3. The Labute approximate surface area is 184 Å². The number of anilines is 1. The smallest absolute Gasteiger partial charge is 0.234 e. The third-order valence-electron chi connectivity index (χ3n) is 4.80. The van der Waals surface area contributed by atoms with Crippen LogP contribution in [0.1, 0.15) is 21.7 Å². The van der Waals surface area contributed by atoms with E-state index in [1.165, 1.54) is 17.3 Å². The standard InChI is InChI=1S/C23H22N4OS2/c1-13-8-10-17(11-9-13)20-22-21(24-16(4)30-22)23(27-26-20)29-12-18(28)25-19-14(2)6-5-7-15(19)3/h5-11H,12H2,1-4H3,(H,25,28). The van der Waals surface area contributed by atoms with E-state index in [-0.39, 0.29) is 11.7 Å². The van der Waals surface area contributed by atoms with Gasteiger partial charge in [0.25, 0.3) is 0 Å². The third-order valence-corrected chi connectivity index (χ3v) is 6.74. The fourth-order valence-corrected chi connectivity index (χ4v) is 4.95. The number of aromatic nitrogens is 3. The lowest BCUT2D eigenvalue weighted by Crippen LogP contribution is -2.16. The number of benzene rings is 2. The summed E-state index contributed by atoms with van der Waals surface area (Å²) >= 11 is 2.97. The number of hydrogen-bond acceptors (Lipinski definition) is 6. The van der Waals surface area contributed by atoms with Crippen molar-refractivity contribution in [2.24, 2.45) is 0 Å². The van der Waals surface area contributed by atoms with Gasteiger partial charge < -0.3 is 5.32 Å². The molecule has 0 aliphatic carbocycles. The van der Waals surface area contributed by atoms with Crippen molar-refractivity contribution in [3.8, 4) is 11.3 Å². The molecule has 0 atom stereocenters. The topological polar surface area (TPSA) is 67.8 Å². The molecule has 5 nitrogen and oxygen atoms in total. The summed E-state index contributed by atoms with van der Waals surface area (Å²) < 4.78 is 1.00. The average Bonchev–Trinajstić information content (AvgIpc) is 3.11. The summed E-state index contributed by atoms with van der Waals surface area (Å²) in [6, 6.07) is 14.2. The van der Waals surface area contributed by atoms with Crippen molar-refractivity contribution in [1.29, 1.82) is 0 Å². The molecule has 0 unspecified atom stereocenters. The van der Waals surface area contributed by atoms with Gasteiger partial charge in [0.05, 0.1) is 15.5 Å². The minimum atomic E-state index is -0.0677. The van der Waals surface area contributed by atoms with Gasteiger partial charge in [-0.05, 0) is 38.8 Å². The Morgan fingerprint density at radius 3 is 2.40 bits per heavy atom. The molecule has 0 radical (unpaired) electrons. The molecule has 1 N–H and O–H groups in total. The number of aryl methyl sites for hydroxylation is 4. The summed E-state index contributed by atoms with van der Waals surface area (Å²) in [7, 11) is 0. The van der Waals surface area contributed by atoms with E-state index in [0.29, 0.717) is 5.03 Å². The molecule has 0 aliphatic rings. The molecule has 2 aromatic heterocycles. The fourth-order valence-electron chi connectivity index (χ4n) is 3.24. The predicted molar refractivity (Wildman–Crippen MR) is 125 cm³/mol. The molecular formula is C23H22N4OS2. The Morgan fingerprint density at radius 2 is 1.70 bits per heavy atom. The molecular weight excluding hydrogens is 412 g/mol. The highest BCUT2D eigenvalue weighted by molar-refractivity contribution is 8.00. The Morgan fingerprint density at radius 1 is 1.00 bits per heavy atom. The van der Waals surface area contributed by atoms with Gasteiger partial charge in [-0.25, -0.2) is 4.98 Å². The van der Waals surface area contributed by atoms with Crippen LogP contribution in [0.25, 0.3) is 21.5 Å². The minimum absolute atomic E-state index is 0.0677. The molecule has 0 aliphatic heterocycles. The number of fused-ring (bicyclic) bond motifs is 1. The van der Waals surface area contributed by atoms with Gasteiger partial charge in [-0.1, -0.05) is 59.8 Å². The predicted octanol–water partition coefficient (Wildman–Crippen LogP) is 5.72. The van der Waals surface area contributed by atoms with E-state index in [1.54, 1.807) is 11.3 Å². The molecule has 30 heavy (non-hydrogen) atoms. The first-order valence-corrected chi connectivity index (χ1v) is 11.4. The van der Waals surface area contributed by atoms with Crippen LogP contribution in [0.15, 0.2) is 47.5 Å². The van der Waals surface area contributed by atoms with Crippen molar-refractivity contribution in [3.05, 3.63) is 64.2 Å². The van der Waals surface area contributed by atoms with Gasteiger partial charge in [0, 0.05) is 11.3 Å². The zero-order valence-electron chi connectivity index (χ0n) is 17.3. The van der Waals surface area contributed by atoms with Crippen molar-refractivity contribution >= 4 is 44.9 Å². The molecule has 152 valence electrons. The van der Waals surface area contributed by atoms with Crippen molar-refractivity contribution in [2.75, 3.05) is 11.1 Å². The van der Waals surface area contributed by atoms with E-state index in [9.17, 15) is 4.79 Å². The number of rotatable bonds is 5. The molecule has 1 amide bonds. The number of carbonyl (C=O) groups excluding carboxylic acids is 1. The highest BCUT2D eigenvalue weighted by Gasteiger charge is 2.17. The van der Waals surface area contributed by atoms with Gasteiger partial charge in [-0.2, -0.15) is 0 Å². The monoisotopic (exact) mass is 434 g/mol. The van der Waals surface area contributed by atoms with Crippen LogP contribution in [-0.2, 0) is 4.79 Å². The maximum Gasteiger partial charge on any atom is 0.234 e. The molecule has 0 saturated heterocycles. The highest BCUT2D eigenvalue weighted by Crippen LogP contribution is 2.35. The summed E-state index contributed by atoms with van der Waals surface area (Å²) in [5.41, 5.74) is 6.84. The first-order chi connectivity index (χ1) is 14.4. The third kappa shape index (κ3) is 4.22. The number of para-hydroxylation sites is 1. The summed E-state index contributed by atoms with van der Waals surface area (Å²) in [6.45, 7) is 8.02. The summed E-state index contributed by atoms with van der Waals surface area (Å²) in [5, 5.41) is 13.5. The number of carbonyl (C=O) groups is 1. The van der Waals surface area contributed by atoms with E-state index in [0.717, 1.165) is 43.3 Å². The van der Waals surface area contributed by atoms with Crippen LogP contribution in [0.5, 0.6) is 0 Å². The Balaban J connectivity index is 1.57. The second-order valence-electron chi connectivity index (χ2n) is 7.23. The SMILES string of the molecule is Cc1ccc(-c2nnc(SCC(=O)Nc3c(C)cccc3C)c3nc(C)sc23)cc1. The fraction of sp³-hybridized carbons (Fsp3) is 0.217. The van der Waals surface area contributed by atoms with Crippen molar-refractivity contribution in [2.45, 2.75) is 32.7 Å². The Kier molecular flexibility index (Phi) is 5.83. The van der Waals surface area contributed by atoms with Crippen LogP contribution in [0.4, 0.5) is 5.69 Å². The molecule has 0 saturated carbocycles. The van der Waals surface area contributed by atoms with Crippen molar-refractivity contribution < 1.29 is 4.79 Å². The summed E-state index contributed by atoms with van der Waals surface area (Å²) in [5.74, 6) is 0.180. The molecule has 0 spiro atoms. The summed E-state index contributed by atoms with van der Waals surface area (Å²) in [6.07, 6.45) is 0. The lowest BCUT2D eigenvalue weighted by atomic mass is 10.1. The number of nitrogens with one attached hydrogen (secondary N) is 1. The highest BCUT2D eigenvalue weighted by atomic mass is 32.2. The number of hydrogen-bond donors (Lipinski definition) is 1. The second kappa shape index (κ2) is 8.53. The molecule has 2 aromatic carbocycles. The van der Waals surface area contributed by atoms with Gasteiger partial charge in [0.15, 0.2) is 0 Å².